The van der Waals surface area contributed by atoms with Crippen LogP contribution in [0.4, 0.5) is 4.79 Å². The van der Waals surface area contributed by atoms with Crippen molar-refractivity contribution in [1.29, 1.82) is 0 Å². The topological polar surface area (TPSA) is 41.1 Å². The summed E-state index contributed by atoms with van der Waals surface area (Å²) in [4.78, 5) is 12.9. The molecule has 0 fully saturated rings. The molecule has 0 unspecified atom stereocenters. The van der Waals surface area contributed by atoms with E-state index in [4.69, 9.17) is 0 Å². The number of urea groups is 1. The molecule has 0 aliphatic carbocycles. The smallest absolute Gasteiger partial charge is 0.315 e. The highest BCUT2D eigenvalue weighted by molar-refractivity contribution is 7.09. The Morgan fingerprint density at radius 1 is 1.16 bits per heavy atom. The van der Waals surface area contributed by atoms with Gasteiger partial charge in [0.05, 0.1) is 0 Å². The maximum atomic E-state index is 11.6. The summed E-state index contributed by atoms with van der Waals surface area (Å²) in [5.41, 5.74) is 2.34. The second-order valence-electron chi connectivity index (χ2n) is 4.42. The van der Waals surface area contributed by atoms with Crippen LogP contribution in [0.5, 0.6) is 0 Å². The lowest BCUT2D eigenvalue weighted by Gasteiger charge is -2.07. The molecular weight excluding hydrogens is 256 g/mol. The fraction of sp³-hybridized carbons (Fsp3) is 0.267. The highest BCUT2D eigenvalue weighted by Crippen LogP contribution is 2.08. The molecule has 0 saturated heterocycles. The van der Waals surface area contributed by atoms with Crippen LogP contribution in [0.2, 0.25) is 0 Å². The summed E-state index contributed by atoms with van der Waals surface area (Å²) in [7, 11) is 0. The lowest BCUT2D eigenvalue weighted by molar-refractivity contribution is 0.240. The number of amides is 2. The number of aryl methyl sites for hydroxylation is 1. The Morgan fingerprint density at radius 2 is 1.95 bits per heavy atom. The van der Waals surface area contributed by atoms with Gasteiger partial charge in [-0.3, -0.25) is 0 Å². The molecule has 2 N–H and O–H groups in total. The van der Waals surface area contributed by atoms with Crippen LogP contribution in [0.25, 0.3) is 0 Å². The van der Waals surface area contributed by atoms with Gasteiger partial charge in [-0.2, -0.15) is 0 Å². The molecule has 4 heteroatoms. The number of nitrogens with one attached hydrogen (secondary N) is 2. The second kappa shape index (κ2) is 6.95. The van der Waals surface area contributed by atoms with E-state index in [0.29, 0.717) is 13.1 Å². The number of hydrogen-bond acceptors (Lipinski definition) is 2. The van der Waals surface area contributed by atoms with Crippen LogP contribution in [0.15, 0.2) is 41.8 Å². The molecule has 1 aromatic carbocycles. The van der Waals surface area contributed by atoms with E-state index < -0.39 is 0 Å². The predicted molar refractivity (Wildman–Crippen MR) is 79.4 cm³/mol. The normalized spacial score (nSPS) is 10.2. The third-order valence-electron chi connectivity index (χ3n) is 2.81. The Hall–Kier alpha value is -1.81. The number of hydrogen-bond donors (Lipinski definition) is 2. The van der Waals surface area contributed by atoms with Gasteiger partial charge < -0.3 is 10.6 Å². The maximum Gasteiger partial charge on any atom is 0.315 e. The van der Waals surface area contributed by atoms with Crippen molar-refractivity contribution in [2.75, 3.05) is 6.54 Å². The number of rotatable bonds is 5. The van der Waals surface area contributed by atoms with E-state index in [1.807, 2.05) is 35.7 Å². The third kappa shape index (κ3) is 4.75. The van der Waals surface area contributed by atoms with E-state index in [1.54, 1.807) is 11.3 Å². The fourth-order valence-electron chi connectivity index (χ4n) is 1.70. The van der Waals surface area contributed by atoms with Crippen molar-refractivity contribution in [1.82, 2.24) is 10.6 Å². The van der Waals surface area contributed by atoms with Gasteiger partial charge in [-0.25, -0.2) is 4.79 Å². The highest BCUT2D eigenvalue weighted by Gasteiger charge is 2.00. The van der Waals surface area contributed by atoms with Gasteiger partial charge in [-0.05, 0) is 30.4 Å². The summed E-state index contributed by atoms with van der Waals surface area (Å²) >= 11 is 1.71. The molecule has 1 aromatic heterocycles. The van der Waals surface area contributed by atoms with E-state index in [0.717, 1.165) is 12.0 Å². The average Bonchev–Trinajstić information content (AvgIpc) is 2.91. The highest BCUT2D eigenvalue weighted by atomic mass is 32.1. The van der Waals surface area contributed by atoms with Crippen LogP contribution in [-0.4, -0.2) is 12.6 Å². The molecule has 2 amide bonds. The summed E-state index contributed by atoms with van der Waals surface area (Å²) in [5.74, 6) is 0. The number of thiophene rings is 1. The van der Waals surface area contributed by atoms with Gasteiger partial charge in [-0.1, -0.05) is 35.9 Å². The van der Waals surface area contributed by atoms with E-state index in [-0.39, 0.29) is 6.03 Å². The minimum absolute atomic E-state index is 0.114. The molecule has 3 nitrogen and oxygen atoms in total. The standard InChI is InChI=1S/C15H18N2OS/c1-12-4-6-13(7-5-12)11-17-15(18)16-9-8-14-3-2-10-19-14/h2-7,10H,8-9,11H2,1H3,(H2,16,17,18). The summed E-state index contributed by atoms with van der Waals surface area (Å²) in [6.45, 7) is 3.28. The summed E-state index contributed by atoms with van der Waals surface area (Å²) in [5, 5.41) is 7.76. The van der Waals surface area contributed by atoms with Crippen molar-refractivity contribution in [3.05, 3.63) is 57.8 Å². The third-order valence-corrected chi connectivity index (χ3v) is 3.75. The Labute approximate surface area is 117 Å². The summed E-state index contributed by atoms with van der Waals surface area (Å²) in [6.07, 6.45) is 0.885. The molecule has 0 aliphatic rings. The zero-order valence-electron chi connectivity index (χ0n) is 11.0. The van der Waals surface area contributed by atoms with Crippen molar-refractivity contribution in [2.24, 2.45) is 0 Å². The minimum Gasteiger partial charge on any atom is -0.338 e. The molecule has 0 spiro atoms. The molecule has 100 valence electrons. The zero-order valence-corrected chi connectivity index (χ0v) is 11.8. The molecule has 2 aromatic rings. The zero-order chi connectivity index (χ0) is 13.5. The first kappa shape index (κ1) is 13.6. The molecule has 0 radical (unpaired) electrons. The summed E-state index contributed by atoms with van der Waals surface area (Å²) in [6, 6.07) is 12.1. The van der Waals surface area contributed by atoms with E-state index >= 15 is 0 Å². The first-order chi connectivity index (χ1) is 9.24. The van der Waals surface area contributed by atoms with Gasteiger partial charge in [0.25, 0.3) is 0 Å². The molecular formula is C15H18N2OS. The first-order valence-electron chi connectivity index (χ1n) is 6.33. The lowest BCUT2D eigenvalue weighted by Crippen LogP contribution is -2.36. The Morgan fingerprint density at radius 3 is 2.63 bits per heavy atom. The molecule has 0 atom stereocenters. The van der Waals surface area contributed by atoms with Crippen molar-refractivity contribution >= 4 is 17.4 Å². The van der Waals surface area contributed by atoms with Crippen LogP contribution < -0.4 is 10.6 Å². The largest absolute Gasteiger partial charge is 0.338 e. The van der Waals surface area contributed by atoms with Gasteiger partial charge in [0, 0.05) is 18.0 Å². The monoisotopic (exact) mass is 274 g/mol. The van der Waals surface area contributed by atoms with Crippen LogP contribution in [0.3, 0.4) is 0 Å². The number of benzene rings is 1. The molecule has 2 rings (SSSR count). The Kier molecular flexibility index (Phi) is 4.98. The van der Waals surface area contributed by atoms with Crippen LogP contribution in [-0.2, 0) is 13.0 Å². The quantitative estimate of drug-likeness (QED) is 0.864. The molecule has 1 heterocycles. The van der Waals surface area contributed by atoms with Crippen molar-refractivity contribution < 1.29 is 4.79 Å². The molecule has 19 heavy (non-hydrogen) atoms. The fourth-order valence-corrected chi connectivity index (χ4v) is 2.41. The van der Waals surface area contributed by atoms with Gasteiger partial charge >= 0.3 is 6.03 Å². The van der Waals surface area contributed by atoms with Gasteiger partial charge in [0.1, 0.15) is 0 Å². The van der Waals surface area contributed by atoms with Crippen molar-refractivity contribution in [2.45, 2.75) is 19.9 Å². The van der Waals surface area contributed by atoms with Crippen molar-refractivity contribution in [3.8, 4) is 0 Å². The molecule has 0 bridgehead atoms. The maximum absolute atomic E-state index is 11.6. The summed E-state index contributed by atoms with van der Waals surface area (Å²) < 4.78 is 0. The average molecular weight is 274 g/mol. The molecule has 0 saturated carbocycles. The van der Waals surface area contributed by atoms with Gasteiger partial charge in [-0.15, -0.1) is 11.3 Å². The van der Waals surface area contributed by atoms with Crippen LogP contribution >= 0.6 is 11.3 Å². The van der Waals surface area contributed by atoms with Crippen LogP contribution in [0, 0.1) is 6.92 Å². The van der Waals surface area contributed by atoms with Gasteiger partial charge in [0.15, 0.2) is 0 Å². The SMILES string of the molecule is Cc1ccc(CNC(=O)NCCc2cccs2)cc1. The van der Waals surface area contributed by atoms with Gasteiger partial charge in [0.2, 0.25) is 0 Å². The lowest BCUT2D eigenvalue weighted by atomic mass is 10.1. The minimum atomic E-state index is -0.114. The number of carbonyl (C=O) groups excluding carboxylic acids is 1. The van der Waals surface area contributed by atoms with Crippen LogP contribution in [0.1, 0.15) is 16.0 Å². The van der Waals surface area contributed by atoms with E-state index in [2.05, 4.69) is 23.6 Å². The second-order valence-corrected chi connectivity index (χ2v) is 5.46. The van der Waals surface area contributed by atoms with Crippen molar-refractivity contribution in [3.63, 3.8) is 0 Å². The Bertz CT molecular complexity index is 505. The predicted octanol–water partition coefficient (Wildman–Crippen LogP) is 3.10. The Balaban J connectivity index is 1.65. The van der Waals surface area contributed by atoms with E-state index in [1.165, 1.54) is 10.4 Å². The number of carbonyl (C=O) groups is 1. The van der Waals surface area contributed by atoms with E-state index in [9.17, 15) is 4.79 Å². The first-order valence-corrected chi connectivity index (χ1v) is 7.21. The molecule has 0 aliphatic heterocycles.